The van der Waals surface area contributed by atoms with Crippen LogP contribution in [0, 0.1) is 0 Å². The molecule has 2 aromatic rings. The molecule has 7 nitrogen and oxygen atoms in total. The summed E-state index contributed by atoms with van der Waals surface area (Å²) in [6.07, 6.45) is 3.64. The Hall–Kier alpha value is -2.35. The van der Waals surface area contributed by atoms with E-state index in [0.29, 0.717) is 35.2 Å². The summed E-state index contributed by atoms with van der Waals surface area (Å²) in [6.45, 7) is 0.492. The molecule has 0 saturated heterocycles. The van der Waals surface area contributed by atoms with Crippen LogP contribution in [0.25, 0.3) is 0 Å². The lowest BCUT2D eigenvalue weighted by Crippen LogP contribution is -2.23. The number of anilines is 1. The van der Waals surface area contributed by atoms with E-state index in [9.17, 15) is 4.79 Å². The van der Waals surface area contributed by atoms with E-state index in [1.54, 1.807) is 23.5 Å². The Bertz CT molecular complexity index is 757. The molecule has 4 rings (SSSR count). The van der Waals surface area contributed by atoms with Crippen LogP contribution >= 0.6 is 11.3 Å². The van der Waals surface area contributed by atoms with Gasteiger partial charge in [-0.2, -0.15) is 0 Å². The summed E-state index contributed by atoms with van der Waals surface area (Å²) in [5, 5.41) is 13.1. The molecule has 1 amide bonds. The minimum Gasteiger partial charge on any atom is -0.454 e. The van der Waals surface area contributed by atoms with Crippen LogP contribution in [0.2, 0.25) is 0 Å². The van der Waals surface area contributed by atoms with E-state index in [4.69, 9.17) is 15.2 Å². The minimum atomic E-state index is -0.263. The molecule has 8 heteroatoms. The first-order chi connectivity index (χ1) is 11.2. The highest BCUT2D eigenvalue weighted by Gasteiger charge is 2.24. The van der Waals surface area contributed by atoms with Crippen molar-refractivity contribution in [3.8, 4) is 11.5 Å². The lowest BCUT2D eigenvalue weighted by atomic mass is 9.86. The number of aromatic nitrogens is 2. The third-order valence-electron chi connectivity index (χ3n) is 4.13. The first kappa shape index (κ1) is 14.3. The molecule has 1 aliphatic carbocycles. The van der Waals surface area contributed by atoms with Gasteiger partial charge in [-0.25, -0.2) is 0 Å². The number of nitrogens with zero attached hydrogens (tertiary/aromatic N) is 2. The van der Waals surface area contributed by atoms with Gasteiger partial charge in [0.2, 0.25) is 6.79 Å². The number of benzene rings is 1. The van der Waals surface area contributed by atoms with Crippen LogP contribution in [0.5, 0.6) is 11.5 Å². The Balaban J connectivity index is 1.43. The van der Waals surface area contributed by atoms with Crippen molar-refractivity contribution >= 4 is 22.9 Å². The minimum absolute atomic E-state index is 0.147. The van der Waals surface area contributed by atoms with Gasteiger partial charge in [-0.1, -0.05) is 17.8 Å². The third-order valence-corrected chi connectivity index (χ3v) is 5.21. The van der Waals surface area contributed by atoms with E-state index in [-0.39, 0.29) is 12.7 Å². The fourth-order valence-electron chi connectivity index (χ4n) is 2.56. The van der Waals surface area contributed by atoms with Gasteiger partial charge >= 0.3 is 0 Å². The molecule has 23 heavy (non-hydrogen) atoms. The first-order valence-corrected chi connectivity index (χ1v) is 8.32. The van der Waals surface area contributed by atoms with Crippen LogP contribution in [0.1, 0.15) is 45.6 Å². The number of fused-ring (bicyclic) bond motifs is 1. The largest absolute Gasteiger partial charge is 0.454 e. The van der Waals surface area contributed by atoms with Gasteiger partial charge in [0.1, 0.15) is 10.0 Å². The number of hydrogen-bond acceptors (Lipinski definition) is 7. The number of nitrogen functional groups attached to an aromatic ring is 1. The summed E-state index contributed by atoms with van der Waals surface area (Å²) in [6, 6.07) is 3.21. The molecular formula is C15H16N4O3S. The zero-order chi connectivity index (χ0) is 15.8. The van der Waals surface area contributed by atoms with Crippen molar-refractivity contribution in [2.45, 2.75) is 31.7 Å². The predicted molar refractivity (Wildman–Crippen MR) is 84.6 cm³/mol. The number of carbonyl (C=O) groups is 1. The van der Waals surface area contributed by atoms with Gasteiger partial charge in [0.15, 0.2) is 11.5 Å². The number of nitrogens with two attached hydrogens (primary N) is 1. The predicted octanol–water partition coefficient (Wildman–Crippen LogP) is 2.05. The number of carbonyl (C=O) groups excluding carboxylic acids is 1. The summed E-state index contributed by atoms with van der Waals surface area (Å²) in [5.74, 6) is 1.39. The molecule has 1 aromatic carbocycles. The summed E-state index contributed by atoms with van der Waals surface area (Å²) >= 11 is 1.57. The molecule has 1 aromatic heterocycles. The molecule has 0 bridgehead atoms. The molecule has 3 N–H and O–H groups in total. The molecule has 0 radical (unpaired) electrons. The van der Waals surface area contributed by atoms with Crippen molar-refractivity contribution in [2.24, 2.45) is 0 Å². The Morgan fingerprint density at radius 2 is 2.09 bits per heavy atom. The first-order valence-electron chi connectivity index (χ1n) is 7.50. The van der Waals surface area contributed by atoms with Crippen molar-refractivity contribution in [1.29, 1.82) is 0 Å². The fourth-order valence-corrected chi connectivity index (χ4v) is 3.52. The normalized spacial score (nSPS) is 16.2. The maximum Gasteiger partial charge on any atom is 0.253 e. The van der Waals surface area contributed by atoms with Crippen LogP contribution in [0.15, 0.2) is 12.1 Å². The van der Waals surface area contributed by atoms with E-state index >= 15 is 0 Å². The lowest BCUT2D eigenvalue weighted by Gasteiger charge is -2.21. The summed E-state index contributed by atoms with van der Waals surface area (Å²) in [4.78, 5) is 12.3. The monoisotopic (exact) mass is 332 g/mol. The molecule has 1 saturated carbocycles. The summed E-state index contributed by atoms with van der Waals surface area (Å²) in [7, 11) is 0. The Morgan fingerprint density at radius 3 is 2.83 bits per heavy atom. The maximum absolute atomic E-state index is 12.3. The second-order valence-corrected chi connectivity index (χ2v) is 6.73. The lowest BCUT2D eigenvalue weighted by molar-refractivity contribution is 0.0951. The van der Waals surface area contributed by atoms with E-state index in [1.807, 2.05) is 0 Å². The smallest absolute Gasteiger partial charge is 0.253 e. The van der Waals surface area contributed by atoms with Crippen molar-refractivity contribution in [1.82, 2.24) is 15.5 Å². The number of rotatable bonds is 4. The Kier molecular flexibility index (Phi) is 3.53. The van der Waals surface area contributed by atoms with Crippen molar-refractivity contribution in [3.05, 3.63) is 27.7 Å². The van der Waals surface area contributed by atoms with Crippen LogP contribution in [-0.4, -0.2) is 22.9 Å². The number of hydrogen-bond donors (Lipinski definition) is 2. The number of nitrogens with one attached hydrogen (secondary N) is 1. The molecule has 1 fully saturated rings. The highest BCUT2D eigenvalue weighted by molar-refractivity contribution is 7.11. The molecule has 2 aliphatic rings. The van der Waals surface area contributed by atoms with Gasteiger partial charge in [0, 0.05) is 17.7 Å². The average Bonchev–Trinajstić information content (AvgIpc) is 3.11. The van der Waals surface area contributed by atoms with Gasteiger partial charge in [-0.3, -0.25) is 4.79 Å². The van der Waals surface area contributed by atoms with Crippen molar-refractivity contribution in [2.75, 3.05) is 12.5 Å². The van der Waals surface area contributed by atoms with Crippen LogP contribution in [0.3, 0.4) is 0 Å². The van der Waals surface area contributed by atoms with Gasteiger partial charge in [-0.05, 0) is 18.9 Å². The molecule has 0 unspecified atom stereocenters. The van der Waals surface area contributed by atoms with Gasteiger partial charge < -0.3 is 20.5 Å². The van der Waals surface area contributed by atoms with E-state index in [2.05, 4.69) is 15.5 Å². The Morgan fingerprint density at radius 1 is 1.30 bits per heavy atom. The van der Waals surface area contributed by atoms with Crippen molar-refractivity contribution < 1.29 is 14.3 Å². The average molecular weight is 332 g/mol. The Labute approximate surface area is 136 Å². The van der Waals surface area contributed by atoms with Crippen molar-refractivity contribution in [3.63, 3.8) is 0 Å². The topological polar surface area (TPSA) is 99.4 Å². The zero-order valence-electron chi connectivity index (χ0n) is 12.4. The van der Waals surface area contributed by atoms with Crippen LogP contribution < -0.4 is 20.5 Å². The standard InChI is InChI=1S/C15H16N4O3S/c16-10-5-12-11(21-7-22-12)4-9(10)14(20)17-6-13-18-19-15(23-13)8-2-1-3-8/h4-5,8H,1-3,6-7,16H2,(H,17,20). The third kappa shape index (κ3) is 2.70. The maximum atomic E-state index is 12.3. The summed E-state index contributed by atoms with van der Waals surface area (Å²) in [5.41, 5.74) is 6.64. The van der Waals surface area contributed by atoms with Gasteiger partial charge in [-0.15, -0.1) is 10.2 Å². The fraction of sp³-hybridized carbons (Fsp3) is 0.400. The summed E-state index contributed by atoms with van der Waals surface area (Å²) < 4.78 is 10.5. The second-order valence-electron chi connectivity index (χ2n) is 5.64. The molecule has 0 atom stereocenters. The number of amides is 1. The SMILES string of the molecule is Nc1cc2c(cc1C(=O)NCc1nnc(C3CCC3)s1)OCO2. The molecule has 1 aliphatic heterocycles. The number of ether oxygens (including phenoxy) is 2. The second kappa shape index (κ2) is 5.69. The molecular weight excluding hydrogens is 316 g/mol. The van der Waals surface area contributed by atoms with Crippen LogP contribution in [-0.2, 0) is 6.54 Å². The van der Waals surface area contributed by atoms with E-state index in [1.165, 1.54) is 19.3 Å². The zero-order valence-corrected chi connectivity index (χ0v) is 13.2. The highest BCUT2D eigenvalue weighted by atomic mass is 32.1. The highest BCUT2D eigenvalue weighted by Crippen LogP contribution is 2.38. The van der Waals surface area contributed by atoms with E-state index < -0.39 is 0 Å². The van der Waals surface area contributed by atoms with E-state index in [0.717, 1.165) is 10.0 Å². The molecule has 0 spiro atoms. The quantitative estimate of drug-likeness (QED) is 0.831. The van der Waals surface area contributed by atoms with Crippen LogP contribution in [0.4, 0.5) is 5.69 Å². The molecule has 2 heterocycles. The van der Waals surface area contributed by atoms with Gasteiger partial charge in [0.25, 0.3) is 5.91 Å². The van der Waals surface area contributed by atoms with Gasteiger partial charge in [0.05, 0.1) is 12.1 Å². The molecule has 120 valence electrons.